The second-order valence-corrected chi connectivity index (χ2v) is 4.14. The SMILES string of the molecule is NC(=O)c1ccc(S(=O)(=O)NO)cc1. The Morgan fingerprint density at radius 3 is 2.14 bits per heavy atom. The van der Waals surface area contributed by atoms with Crippen LogP contribution in [0.4, 0.5) is 0 Å². The Morgan fingerprint density at radius 2 is 1.79 bits per heavy atom. The molecule has 0 fully saturated rings. The molecule has 0 saturated heterocycles. The molecule has 0 bridgehead atoms. The maximum Gasteiger partial charge on any atom is 0.262 e. The molecule has 0 heterocycles. The van der Waals surface area contributed by atoms with E-state index in [4.69, 9.17) is 10.9 Å². The summed E-state index contributed by atoms with van der Waals surface area (Å²) in [5.74, 6) is -0.647. The minimum atomic E-state index is -3.89. The van der Waals surface area contributed by atoms with E-state index >= 15 is 0 Å². The summed E-state index contributed by atoms with van der Waals surface area (Å²) in [6, 6.07) is 4.84. The molecule has 14 heavy (non-hydrogen) atoms. The van der Waals surface area contributed by atoms with Crippen LogP contribution in [0.5, 0.6) is 0 Å². The first-order chi connectivity index (χ1) is 6.47. The quantitative estimate of drug-likeness (QED) is 0.589. The van der Waals surface area contributed by atoms with Gasteiger partial charge in [-0.1, -0.05) is 4.89 Å². The lowest BCUT2D eigenvalue weighted by molar-refractivity contribution is 0.1000. The predicted octanol–water partition coefficient (Wildman–Crippen LogP) is -0.547. The van der Waals surface area contributed by atoms with Crippen molar-refractivity contribution in [1.82, 2.24) is 4.89 Å². The fourth-order valence-corrected chi connectivity index (χ4v) is 1.45. The van der Waals surface area contributed by atoms with Crippen molar-refractivity contribution in [1.29, 1.82) is 0 Å². The van der Waals surface area contributed by atoms with E-state index in [1.807, 2.05) is 0 Å². The third-order valence-corrected chi connectivity index (χ3v) is 2.70. The molecule has 7 heteroatoms. The van der Waals surface area contributed by atoms with E-state index in [1.54, 1.807) is 0 Å². The van der Waals surface area contributed by atoms with E-state index in [1.165, 1.54) is 24.3 Å². The fraction of sp³-hybridized carbons (Fsp3) is 0. The molecule has 6 nitrogen and oxygen atoms in total. The van der Waals surface area contributed by atoms with Crippen molar-refractivity contribution < 1.29 is 18.4 Å². The average molecular weight is 216 g/mol. The largest absolute Gasteiger partial charge is 0.366 e. The highest BCUT2D eigenvalue weighted by Gasteiger charge is 2.12. The zero-order valence-corrected chi connectivity index (χ0v) is 7.78. The standard InChI is InChI=1S/C7H8N2O4S/c8-7(10)5-1-3-6(4-2-5)14(12,13)9-11/h1-4,9,11H,(H2,8,10). The van der Waals surface area contributed by atoms with Crippen LogP contribution < -0.4 is 10.6 Å². The highest BCUT2D eigenvalue weighted by molar-refractivity contribution is 7.89. The Kier molecular flexibility index (Phi) is 2.84. The van der Waals surface area contributed by atoms with Crippen LogP contribution in [-0.4, -0.2) is 19.5 Å². The number of nitrogens with one attached hydrogen (secondary N) is 1. The molecule has 1 aromatic carbocycles. The van der Waals surface area contributed by atoms with Gasteiger partial charge in [-0.3, -0.25) is 4.79 Å². The number of sulfonamides is 1. The number of hydrogen-bond acceptors (Lipinski definition) is 4. The lowest BCUT2D eigenvalue weighted by Crippen LogP contribution is -2.19. The minimum Gasteiger partial charge on any atom is -0.366 e. The van der Waals surface area contributed by atoms with E-state index in [2.05, 4.69) is 0 Å². The van der Waals surface area contributed by atoms with Crippen molar-refractivity contribution in [3.63, 3.8) is 0 Å². The van der Waals surface area contributed by atoms with Crippen LogP contribution in [-0.2, 0) is 10.0 Å². The number of amides is 1. The summed E-state index contributed by atoms with van der Waals surface area (Å²) in [6.45, 7) is 0. The van der Waals surface area contributed by atoms with Gasteiger partial charge in [0.15, 0.2) is 0 Å². The monoisotopic (exact) mass is 216 g/mol. The van der Waals surface area contributed by atoms with Crippen LogP contribution in [0, 0.1) is 0 Å². The normalized spacial score (nSPS) is 11.2. The number of benzene rings is 1. The molecular weight excluding hydrogens is 208 g/mol. The summed E-state index contributed by atoms with van der Waals surface area (Å²) in [5.41, 5.74) is 5.15. The first-order valence-corrected chi connectivity index (χ1v) is 5.01. The van der Waals surface area contributed by atoms with E-state index in [-0.39, 0.29) is 10.5 Å². The van der Waals surface area contributed by atoms with Crippen LogP contribution in [0.1, 0.15) is 10.4 Å². The fourth-order valence-electron chi connectivity index (χ4n) is 0.851. The zero-order valence-electron chi connectivity index (χ0n) is 6.97. The predicted molar refractivity (Wildman–Crippen MR) is 47.1 cm³/mol. The Morgan fingerprint density at radius 1 is 1.29 bits per heavy atom. The highest BCUT2D eigenvalue weighted by Crippen LogP contribution is 2.09. The van der Waals surface area contributed by atoms with Gasteiger partial charge in [-0.15, -0.1) is 0 Å². The smallest absolute Gasteiger partial charge is 0.262 e. The first kappa shape index (κ1) is 10.6. The van der Waals surface area contributed by atoms with Gasteiger partial charge in [0.2, 0.25) is 5.91 Å². The molecule has 0 aromatic heterocycles. The van der Waals surface area contributed by atoms with Gasteiger partial charge < -0.3 is 10.9 Å². The third-order valence-electron chi connectivity index (χ3n) is 1.57. The van der Waals surface area contributed by atoms with Crippen LogP contribution in [0.2, 0.25) is 0 Å². The van der Waals surface area contributed by atoms with Crippen molar-refractivity contribution >= 4 is 15.9 Å². The summed E-state index contributed by atoms with van der Waals surface area (Å²) >= 11 is 0. The van der Waals surface area contributed by atoms with Crippen molar-refractivity contribution in [3.05, 3.63) is 29.8 Å². The molecule has 0 aliphatic heterocycles. The first-order valence-electron chi connectivity index (χ1n) is 3.53. The Balaban J connectivity index is 3.12. The molecular formula is C7H8N2O4S. The third kappa shape index (κ3) is 2.08. The van der Waals surface area contributed by atoms with E-state index in [9.17, 15) is 13.2 Å². The number of carbonyl (C=O) groups excluding carboxylic acids is 1. The maximum absolute atomic E-state index is 11.0. The lowest BCUT2D eigenvalue weighted by atomic mass is 10.2. The number of rotatable bonds is 3. The van der Waals surface area contributed by atoms with Gasteiger partial charge in [-0.25, -0.2) is 8.42 Å². The van der Waals surface area contributed by atoms with Gasteiger partial charge in [0, 0.05) is 5.56 Å². The van der Waals surface area contributed by atoms with E-state index in [0.717, 1.165) is 4.89 Å². The molecule has 0 aliphatic carbocycles. The average Bonchev–Trinajstić information content (AvgIpc) is 2.18. The number of nitrogens with two attached hydrogens (primary N) is 1. The van der Waals surface area contributed by atoms with Gasteiger partial charge >= 0.3 is 0 Å². The van der Waals surface area contributed by atoms with Crippen molar-refractivity contribution in [3.8, 4) is 0 Å². The van der Waals surface area contributed by atoms with E-state index in [0.29, 0.717) is 0 Å². The molecule has 0 unspecified atom stereocenters. The van der Waals surface area contributed by atoms with Gasteiger partial charge in [-0.05, 0) is 24.3 Å². The molecule has 0 spiro atoms. The number of hydrogen-bond donors (Lipinski definition) is 3. The topological polar surface area (TPSA) is 109 Å². The molecule has 0 atom stereocenters. The summed E-state index contributed by atoms with van der Waals surface area (Å²) in [5, 5.41) is 8.30. The minimum absolute atomic E-state index is 0.148. The van der Waals surface area contributed by atoms with Gasteiger partial charge in [0.1, 0.15) is 0 Å². The molecule has 1 rings (SSSR count). The number of primary amides is 1. The van der Waals surface area contributed by atoms with Crippen LogP contribution >= 0.6 is 0 Å². The number of carbonyl (C=O) groups is 1. The Hall–Kier alpha value is -1.44. The maximum atomic E-state index is 11.0. The second kappa shape index (κ2) is 3.74. The molecule has 0 radical (unpaired) electrons. The van der Waals surface area contributed by atoms with Crippen molar-refractivity contribution in [2.45, 2.75) is 4.90 Å². The summed E-state index contributed by atoms with van der Waals surface area (Å²) in [6.07, 6.45) is 0. The zero-order chi connectivity index (χ0) is 10.8. The molecule has 0 saturated carbocycles. The van der Waals surface area contributed by atoms with Gasteiger partial charge in [-0.2, -0.15) is 0 Å². The van der Waals surface area contributed by atoms with Crippen LogP contribution in [0.25, 0.3) is 0 Å². The lowest BCUT2D eigenvalue weighted by Gasteiger charge is -2.01. The summed E-state index contributed by atoms with van der Waals surface area (Å²) < 4.78 is 22.0. The molecule has 1 amide bonds. The van der Waals surface area contributed by atoms with Crippen LogP contribution in [0.15, 0.2) is 29.2 Å². The molecule has 0 aliphatic rings. The van der Waals surface area contributed by atoms with E-state index < -0.39 is 15.9 Å². The molecule has 4 N–H and O–H groups in total. The molecule has 1 aromatic rings. The van der Waals surface area contributed by atoms with Crippen molar-refractivity contribution in [2.24, 2.45) is 5.73 Å². The Bertz CT molecular complexity index is 437. The summed E-state index contributed by atoms with van der Waals surface area (Å²) in [4.78, 5) is 11.7. The van der Waals surface area contributed by atoms with Gasteiger partial charge in [0.25, 0.3) is 10.0 Å². The second-order valence-electron chi connectivity index (χ2n) is 2.48. The van der Waals surface area contributed by atoms with Crippen molar-refractivity contribution in [2.75, 3.05) is 0 Å². The van der Waals surface area contributed by atoms with Crippen LogP contribution in [0.3, 0.4) is 0 Å². The Labute approximate surface area is 80.4 Å². The van der Waals surface area contributed by atoms with Gasteiger partial charge in [0.05, 0.1) is 4.90 Å². The molecule has 76 valence electrons. The summed E-state index contributed by atoms with van der Waals surface area (Å²) in [7, 11) is -3.89. The highest BCUT2D eigenvalue weighted by atomic mass is 32.2.